The highest BCUT2D eigenvalue weighted by atomic mass is 19.1. The van der Waals surface area contributed by atoms with Crippen LogP contribution < -0.4 is 0 Å². The largest absolute Gasteiger partial charge is 0.372 e. The van der Waals surface area contributed by atoms with Crippen molar-refractivity contribution in [2.75, 3.05) is 13.1 Å². The normalized spacial score (nSPS) is 19.4. The average Bonchev–Trinajstić information content (AvgIpc) is 3.12. The smallest absolute Gasteiger partial charge is 0.272 e. The fourth-order valence-corrected chi connectivity index (χ4v) is 3.76. The molecule has 2 unspecified atom stereocenters. The number of aryl methyl sites for hydroxylation is 1. The van der Waals surface area contributed by atoms with E-state index in [-0.39, 0.29) is 23.9 Å². The number of morpholine rings is 1. The molecule has 1 aliphatic heterocycles. The van der Waals surface area contributed by atoms with Gasteiger partial charge in [-0.1, -0.05) is 12.1 Å². The highest BCUT2D eigenvalue weighted by Gasteiger charge is 2.29. The van der Waals surface area contributed by atoms with Crippen LogP contribution in [-0.4, -0.2) is 45.9 Å². The zero-order chi connectivity index (χ0) is 20.5. The van der Waals surface area contributed by atoms with Crippen LogP contribution >= 0.6 is 0 Å². The second-order valence-electron chi connectivity index (χ2n) is 7.64. The second kappa shape index (κ2) is 7.79. The summed E-state index contributed by atoms with van der Waals surface area (Å²) in [5, 5.41) is 4.69. The first kappa shape index (κ1) is 19.3. The summed E-state index contributed by atoms with van der Waals surface area (Å²) in [4.78, 5) is 15.2. The van der Waals surface area contributed by atoms with Gasteiger partial charge in [0.05, 0.1) is 23.6 Å². The molecule has 0 radical (unpaired) electrons. The molecule has 0 N–H and O–H groups in total. The maximum atomic E-state index is 13.4. The molecule has 1 aliphatic rings. The zero-order valence-corrected chi connectivity index (χ0v) is 16.8. The van der Waals surface area contributed by atoms with Crippen molar-refractivity contribution >= 4 is 5.91 Å². The van der Waals surface area contributed by atoms with Crippen molar-refractivity contribution in [3.8, 4) is 16.9 Å². The van der Waals surface area contributed by atoms with Gasteiger partial charge in [-0.3, -0.25) is 4.79 Å². The quantitative estimate of drug-likeness (QED) is 0.669. The fourth-order valence-electron chi connectivity index (χ4n) is 3.76. The summed E-state index contributed by atoms with van der Waals surface area (Å²) < 4.78 is 20.8. The molecule has 0 aliphatic carbocycles. The van der Waals surface area contributed by atoms with Crippen molar-refractivity contribution < 1.29 is 13.9 Å². The van der Waals surface area contributed by atoms with E-state index in [4.69, 9.17) is 9.84 Å². The Kier molecular flexibility index (Phi) is 5.20. The topological polar surface area (TPSA) is 47.4 Å². The molecule has 1 fully saturated rings. The molecule has 6 heteroatoms. The minimum atomic E-state index is -0.306. The number of carbonyl (C=O) groups is 1. The minimum Gasteiger partial charge on any atom is -0.372 e. The van der Waals surface area contributed by atoms with Crippen molar-refractivity contribution in [2.45, 2.75) is 33.0 Å². The van der Waals surface area contributed by atoms with E-state index >= 15 is 0 Å². The molecule has 4 rings (SSSR count). The second-order valence-corrected chi connectivity index (χ2v) is 7.64. The predicted molar refractivity (Wildman–Crippen MR) is 110 cm³/mol. The first-order chi connectivity index (χ1) is 13.9. The van der Waals surface area contributed by atoms with Crippen LogP contribution in [-0.2, 0) is 4.74 Å². The molecular formula is C23H24FN3O2. The molecule has 1 amide bonds. The lowest BCUT2D eigenvalue weighted by molar-refractivity contribution is -0.0588. The van der Waals surface area contributed by atoms with Crippen LogP contribution in [0.15, 0.2) is 54.6 Å². The SMILES string of the molecule is Cc1cccc(-n2nc(-c3ccc(F)cc3)cc2C(=O)N2CC(C)OC(C)C2)c1. The summed E-state index contributed by atoms with van der Waals surface area (Å²) >= 11 is 0. The van der Waals surface area contributed by atoms with Crippen molar-refractivity contribution in [2.24, 2.45) is 0 Å². The molecular weight excluding hydrogens is 369 g/mol. The summed E-state index contributed by atoms with van der Waals surface area (Å²) in [6, 6.07) is 15.8. The first-order valence-corrected chi connectivity index (χ1v) is 9.78. The van der Waals surface area contributed by atoms with Crippen molar-refractivity contribution in [3.05, 3.63) is 71.7 Å². The molecule has 2 heterocycles. The van der Waals surface area contributed by atoms with Gasteiger partial charge in [0, 0.05) is 18.7 Å². The van der Waals surface area contributed by atoms with E-state index < -0.39 is 0 Å². The Bertz CT molecular complexity index is 1020. The maximum absolute atomic E-state index is 13.4. The van der Waals surface area contributed by atoms with E-state index in [9.17, 15) is 9.18 Å². The summed E-state index contributed by atoms with van der Waals surface area (Å²) in [5.74, 6) is -0.395. The number of nitrogens with zero attached hydrogens (tertiary/aromatic N) is 3. The lowest BCUT2D eigenvalue weighted by atomic mass is 10.1. The molecule has 0 saturated carbocycles. The van der Waals surface area contributed by atoms with Crippen LogP contribution in [0.25, 0.3) is 16.9 Å². The number of aromatic nitrogens is 2. The first-order valence-electron chi connectivity index (χ1n) is 9.78. The van der Waals surface area contributed by atoms with E-state index in [1.165, 1.54) is 12.1 Å². The third-order valence-corrected chi connectivity index (χ3v) is 5.02. The number of hydrogen-bond acceptors (Lipinski definition) is 3. The van der Waals surface area contributed by atoms with Gasteiger partial charge in [0.15, 0.2) is 0 Å². The lowest BCUT2D eigenvalue weighted by Gasteiger charge is -2.35. The van der Waals surface area contributed by atoms with Crippen LogP contribution in [0.5, 0.6) is 0 Å². The Morgan fingerprint density at radius 2 is 1.76 bits per heavy atom. The van der Waals surface area contributed by atoms with Crippen LogP contribution in [0.4, 0.5) is 4.39 Å². The molecule has 5 nitrogen and oxygen atoms in total. The molecule has 150 valence electrons. The maximum Gasteiger partial charge on any atom is 0.272 e. The Hall–Kier alpha value is -2.99. The standard InChI is InChI=1S/C23H24FN3O2/c1-15-5-4-6-20(11-15)27-22(23(28)26-13-16(2)29-17(3)14-26)12-21(25-27)18-7-9-19(24)10-8-18/h4-12,16-17H,13-14H2,1-3H3. The zero-order valence-electron chi connectivity index (χ0n) is 16.8. The molecule has 0 spiro atoms. The highest BCUT2D eigenvalue weighted by molar-refractivity contribution is 5.94. The summed E-state index contributed by atoms with van der Waals surface area (Å²) in [6.45, 7) is 7.01. The third kappa shape index (κ3) is 4.07. The number of hydrogen-bond donors (Lipinski definition) is 0. The van der Waals surface area contributed by atoms with E-state index in [1.807, 2.05) is 49.9 Å². The van der Waals surface area contributed by atoms with E-state index in [0.717, 1.165) is 16.8 Å². The fraction of sp³-hybridized carbons (Fsp3) is 0.304. The van der Waals surface area contributed by atoms with Crippen LogP contribution in [0, 0.1) is 12.7 Å². The van der Waals surface area contributed by atoms with Gasteiger partial charge in [-0.05, 0) is 68.8 Å². The highest BCUT2D eigenvalue weighted by Crippen LogP contribution is 2.24. The van der Waals surface area contributed by atoms with Crippen LogP contribution in [0.2, 0.25) is 0 Å². The Morgan fingerprint density at radius 3 is 2.41 bits per heavy atom. The van der Waals surface area contributed by atoms with Gasteiger partial charge in [-0.15, -0.1) is 0 Å². The van der Waals surface area contributed by atoms with E-state index in [1.54, 1.807) is 22.9 Å². The van der Waals surface area contributed by atoms with Gasteiger partial charge in [0.25, 0.3) is 5.91 Å². The van der Waals surface area contributed by atoms with E-state index in [0.29, 0.717) is 24.5 Å². The minimum absolute atomic E-state index is 0.0189. The monoisotopic (exact) mass is 393 g/mol. The Labute approximate surface area is 169 Å². The van der Waals surface area contributed by atoms with Gasteiger partial charge >= 0.3 is 0 Å². The van der Waals surface area contributed by atoms with Crippen molar-refractivity contribution in [3.63, 3.8) is 0 Å². The number of benzene rings is 2. The van der Waals surface area contributed by atoms with Gasteiger partial charge in [-0.25, -0.2) is 9.07 Å². The average molecular weight is 393 g/mol. The molecule has 1 aromatic heterocycles. The summed E-state index contributed by atoms with van der Waals surface area (Å²) in [6.07, 6.45) is -0.0378. The third-order valence-electron chi connectivity index (χ3n) is 5.02. The van der Waals surface area contributed by atoms with E-state index in [2.05, 4.69) is 0 Å². The number of ether oxygens (including phenoxy) is 1. The number of rotatable bonds is 3. The van der Waals surface area contributed by atoms with Gasteiger partial charge in [0.2, 0.25) is 0 Å². The summed E-state index contributed by atoms with van der Waals surface area (Å²) in [5.41, 5.74) is 3.76. The Balaban J connectivity index is 1.78. The molecule has 2 aromatic carbocycles. The molecule has 0 bridgehead atoms. The van der Waals surface area contributed by atoms with Crippen molar-refractivity contribution in [1.29, 1.82) is 0 Å². The Morgan fingerprint density at radius 1 is 1.07 bits per heavy atom. The van der Waals surface area contributed by atoms with Gasteiger partial charge in [-0.2, -0.15) is 5.10 Å². The molecule has 3 aromatic rings. The van der Waals surface area contributed by atoms with Gasteiger partial charge in [0.1, 0.15) is 11.5 Å². The molecule has 2 atom stereocenters. The number of carbonyl (C=O) groups excluding carboxylic acids is 1. The van der Waals surface area contributed by atoms with Crippen LogP contribution in [0.3, 0.4) is 0 Å². The summed E-state index contributed by atoms with van der Waals surface area (Å²) in [7, 11) is 0. The lowest BCUT2D eigenvalue weighted by Crippen LogP contribution is -2.48. The molecule has 29 heavy (non-hydrogen) atoms. The predicted octanol–water partition coefficient (Wildman–Crippen LogP) is 4.24. The van der Waals surface area contributed by atoms with Crippen LogP contribution in [0.1, 0.15) is 29.9 Å². The number of halogens is 1. The number of amides is 1. The van der Waals surface area contributed by atoms with Gasteiger partial charge < -0.3 is 9.64 Å². The van der Waals surface area contributed by atoms with Crippen molar-refractivity contribution in [1.82, 2.24) is 14.7 Å². The molecule has 1 saturated heterocycles.